The van der Waals surface area contributed by atoms with Crippen molar-refractivity contribution in [2.24, 2.45) is 0 Å². The van der Waals surface area contributed by atoms with Crippen LogP contribution in [0.4, 0.5) is 0 Å². The third-order valence-electron chi connectivity index (χ3n) is 4.43. The van der Waals surface area contributed by atoms with Crippen molar-refractivity contribution < 1.29 is 9.53 Å². The van der Waals surface area contributed by atoms with Crippen molar-refractivity contribution in [1.29, 1.82) is 0 Å². The van der Waals surface area contributed by atoms with E-state index in [0.717, 1.165) is 27.1 Å². The van der Waals surface area contributed by atoms with E-state index in [9.17, 15) is 9.59 Å². The van der Waals surface area contributed by atoms with Gasteiger partial charge in [0.1, 0.15) is 16.9 Å². The van der Waals surface area contributed by atoms with E-state index < -0.39 is 5.91 Å². The van der Waals surface area contributed by atoms with Crippen molar-refractivity contribution in [2.75, 3.05) is 12.0 Å². The summed E-state index contributed by atoms with van der Waals surface area (Å²) in [6, 6.07) is 19.1. The lowest BCUT2D eigenvalue weighted by Crippen LogP contribution is -2.35. The van der Waals surface area contributed by atoms with Crippen LogP contribution in [0, 0.1) is 0 Å². The molecule has 0 aliphatic carbocycles. The SMILES string of the molecule is CCc1cc2c(=O)n(NC(=O)COc3ccccc3-c3ccccc3)cnc2s1. The van der Waals surface area contributed by atoms with Crippen molar-refractivity contribution in [3.63, 3.8) is 0 Å². The van der Waals surface area contributed by atoms with Crippen molar-refractivity contribution >= 4 is 27.5 Å². The van der Waals surface area contributed by atoms with E-state index in [-0.39, 0.29) is 12.2 Å². The molecule has 29 heavy (non-hydrogen) atoms. The molecule has 0 bridgehead atoms. The Labute approximate surface area is 171 Å². The molecule has 1 amide bonds. The normalized spacial score (nSPS) is 10.8. The number of carbonyl (C=O) groups excluding carboxylic acids is 1. The summed E-state index contributed by atoms with van der Waals surface area (Å²) in [4.78, 5) is 31.0. The number of carbonyl (C=O) groups is 1. The average Bonchev–Trinajstić information content (AvgIpc) is 3.19. The minimum absolute atomic E-state index is 0.224. The number of para-hydroxylation sites is 1. The molecule has 4 aromatic rings. The molecule has 0 radical (unpaired) electrons. The third kappa shape index (κ3) is 4.05. The highest BCUT2D eigenvalue weighted by molar-refractivity contribution is 7.18. The lowest BCUT2D eigenvalue weighted by Gasteiger charge is -2.12. The Balaban J connectivity index is 1.49. The number of hydrogen-bond donors (Lipinski definition) is 1. The zero-order valence-electron chi connectivity index (χ0n) is 15.8. The number of ether oxygens (including phenoxy) is 1. The van der Waals surface area contributed by atoms with Crippen LogP contribution in [0.5, 0.6) is 5.75 Å². The minimum atomic E-state index is -0.443. The van der Waals surface area contributed by atoms with E-state index in [2.05, 4.69) is 10.4 Å². The van der Waals surface area contributed by atoms with Gasteiger partial charge in [0.2, 0.25) is 0 Å². The molecule has 0 aliphatic rings. The maximum atomic E-state index is 12.6. The zero-order chi connectivity index (χ0) is 20.2. The van der Waals surface area contributed by atoms with Crippen LogP contribution in [0.3, 0.4) is 0 Å². The van der Waals surface area contributed by atoms with Crippen molar-refractivity contribution in [3.8, 4) is 16.9 Å². The molecule has 0 atom stereocenters. The third-order valence-corrected chi connectivity index (χ3v) is 5.61. The first-order valence-electron chi connectivity index (χ1n) is 9.23. The topological polar surface area (TPSA) is 73.2 Å². The van der Waals surface area contributed by atoms with Crippen LogP contribution in [-0.2, 0) is 11.2 Å². The number of benzene rings is 2. The smallest absolute Gasteiger partial charge is 0.280 e. The van der Waals surface area contributed by atoms with Gasteiger partial charge in [0, 0.05) is 10.4 Å². The summed E-state index contributed by atoms with van der Waals surface area (Å²) in [5, 5.41) is 0.505. The van der Waals surface area contributed by atoms with Crippen LogP contribution < -0.4 is 15.7 Å². The van der Waals surface area contributed by atoms with Crippen LogP contribution in [0.1, 0.15) is 11.8 Å². The van der Waals surface area contributed by atoms with Crippen molar-refractivity contribution in [1.82, 2.24) is 9.66 Å². The van der Waals surface area contributed by atoms with Gasteiger partial charge in [0.25, 0.3) is 11.5 Å². The van der Waals surface area contributed by atoms with Crippen molar-refractivity contribution in [2.45, 2.75) is 13.3 Å². The molecule has 2 aromatic carbocycles. The van der Waals surface area contributed by atoms with Gasteiger partial charge in [0.15, 0.2) is 6.61 Å². The van der Waals surface area contributed by atoms with E-state index in [1.165, 1.54) is 17.7 Å². The van der Waals surface area contributed by atoms with Crippen LogP contribution >= 0.6 is 11.3 Å². The predicted octanol–water partition coefficient (Wildman–Crippen LogP) is 3.84. The first-order chi connectivity index (χ1) is 14.2. The second-order valence-electron chi connectivity index (χ2n) is 6.39. The highest BCUT2D eigenvalue weighted by atomic mass is 32.1. The summed E-state index contributed by atoms with van der Waals surface area (Å²) in [7, 11) is 0. The number of nitrogens with one attached hydrogen (secondary N) is 1. The second kappa shape index (κ2) is 8.28. The summed E-state index contributed by atoms with van der Waals surface area (Å²) in [6.45, 7) is 1.80. The molecule has 4 rings (SSSR count). The summed E-state index contributed by atoms with van der Waals surface area (Å²) in [5.41, 5.74) is 4.13. The van der Waals surface area contributed by atoms with Gasteiger partial charge in [0.05, 0.1) is 5.39 Å². The lowest BCUT2D eigenvalue weighted by molar-refractivity contribution is -0.119. The molecular formula is C22H19N3O3S. The molecule has 0 saturated heterocycles. The zero-order valence-corrected chi connectivity index (χ0v) is 16.6. The predicted molar refractivity (Wildman–Crippen MR) is 115 cm³/mol. The quantitative estimate of drug-likeness (QED) is 0.529. The molecule has 7 heteroatoms. The van der Waals surface area contributed by atoms with Gasteiger partial charge in [-0.3, -0.25) is 15.0 Å². The monoisotopic (exact) mass is 405 g/mol. The van der Waals surface area contributed by atoms with Gasteiger partial charge in [-0.25, -0.2) is 9.66 Å². The largest absolute Gasteiger partial charge is 0.483 e. The molecule has 0 spiro atoms. The molecule has 0 fully saturated rings. The Bertz CT molecular complexity index is 1210. The summed E-state index contributed by atoms with van der Waals surface area (Å²) in [5.74, 6) is 0.155. The Morgan fingerprint density at radius 2 is 1.90 bits per heavy atom. The van der Waals surface area contributed by atoms with E-state index >= 15 is 0 Å². The van der Waals surface area contributed by atoms with Gasteiger partial charge in [-0.1, -0.05) is 55.5 Å². The Morgan fingerprint density at radius 1 is 1.14 bits per heavy atom. The van der Waals surface area contributed by atoms with E-state index in [1.54, 1.807) is 0 Å². The van der Waals surface area contributed by atoms with Gasteiger partial charge in [-0.15, -0.1) is 11.3 Å². The number of thiophene rings is 1. The number of nitrogens with zero attached hydrogens (tertiary/aromatic N) is 2. The van der Waals surface area contributed by atoms with Gasteiger partial charge < -0.3 is 4.74 Å². The number of hydrogen-bond acceptors (Lipinski definition) is 5. The maximum absolute atomic E-state index is 12.6. The lowest BCUT2D eigenvalue weighted by atomic mass is 10.1. The molecule has 0 saturated carbocycles. The number of rotatable bonds is 6. The first-order valence-corrected chi connectivity index (χ1v) is 10.0. The van der Waals surface area contributed by atoms with Crippen molar-refractivity contribution in [3.05, 3.63) is 82.2 Å². The Kier molecular flexibility index (Phi) is 5.39. The molecule has 146 valence electrons. The van der Waals surface area contributed by atoms with Gasteiger partial charge in [-0.2, -0.15) is 0 Å². The number of aromatic nitrogens is 2. The van der Waals surface area contributed by atoms with Gasteiger partial charge >= 0.3 is 0 Å². The molecule has 0 aliphatic heterocycles. The Hall–Kier alpha value is -3.45. The molecule has 0 unspecified atom stereocenters. The first kappa shape index (κ1) is 18.9. The molecule has 2 heterocycles. The van der Waals surface area contributed by atoms with Crippen LogP contribution in [-0.4, -0.2) is 22.2 Å². The Morgan fingerprint density at radius 3 is 2.69 bits per heavy atom. The fourth-order valence-corrected chi connectivity index (χ4v) is 3.91. The second-order valence-corrected chi connectivity index (χ2v) is 7.51. The molecule has 6 nitrogen and oxygen atoms in total. The molecule has 2 aromatic heterocycles. The highest BCUT2D eigenvalue weighted by Crippen LogP contribution is 2.29. The average molecular weight is 405 g/mol. The minimum Gasteiger partial charge on any atom is -0.483 e. The fourth-order valence-electron chi connectivity index (χ4n) is 2.99. The fraction of sp³-hybridized carbons (Fsp3) is 0.136. The number of aryl methyl sites for hydroxylation is 1. The van der Waals surface area contributed by atoms with Crippen LogP contribution in [0.25, 0.3) is 21.3 Å². The summed E-state index contributed by atoms with van der Waals surface area (Å²) < 4.78 is 6.83. The highest BCUT2D eigenvalue weighted by Gasteiger charge is 2.12. The van der Waals surface area contributed by atoms with E-state index in [0.29, 0.717) is 16.0 Å². The summed E-state index contributed by atoms with van der Waals surface area (Å²) >= 11 is 1.48. The van der Waals surface area contributed by atoms with Crippen LogP contribution in [0.2, 0.25) is 0 Å². The maximum Gasteiger partial charge on any atom is 0.280 e. The molecular weight excluding hydrogens is 386 g/mol. The number of amides is 1. The summed E-state index contributed by atoms with van der Waals surface area (Å²) in [6.07, 6.45) is 2.16. The van der Waals surface area contributed by atoms with Crippen LogP contribution in [0.15, 0.2) is 71.8 Å². The van der Waals surface area contributed by atoms with E-state index in [4.69, 9.17) is 4.74 Å². The van der Waals surface area contributed by atoms with E-state index in [1.807, 2.05) is 67.6 Å². The molecule has 1 N–H and O–H groups in total. The standard InChI is InChI=1S/C22H19N3O3S/c1-2-16-12-18-21(29-16)23-14-25(22(18)27)24-20(26)13-28-19-11-7-6-10-17(19)15-8-4-3-5-9-15/h3-12,14H,2,13H2,1H3,(H,24,26). The number of fused-ring (bicyclic) bond motifs is 1. The van der Waals surface area contributed by atoms with Gasteiger partial charge in [-0.05, 0) is 24.1 Å².